The SMILES string of the molecule is CN(C(=O)c1ccc2nc(N)c3c(c2c1)COC3)[C@@H]1COc2cc(S(C)(=O)=O)ccc21. The van der Waals surface area contributed by atoms with Gasteiger partial charge in [0.15, 0.2) is 9.84 Å². The average molecular weight is 439 g/mol. The van der Waals surface area contributed by atoms with Gasteiger partial charge in [-0.25, -0.2) is 13.4 Å². The fourth-order valence-electron chi connectivity index (χ4n) is 4.17. The van der Waals surface area contributed by atoms with E-state index >= 15 is 0 Å². The van der Waals surface area contributed by atoms with Crippen molar-refractivity contribution in [1.29, 1.82) is 0 Å². The van der Waals surface area contributed by atoms with Crippen molar-refractivity contribution in [3.63, 3.8) is 0 Å². The first kappa shape index (κ1) is 19.8. The Labute approximate surface area is 179 Å². The molecule has 31 heavy (non-hydrogen) atoms. The summed E-state index contributed by atoms with van der Waals surface area (Å²) in [6.45, 7) is 1.13. The van der Waals surface area contributed by atoms with Crippen molar-refractivity contribution in [3.05, 3.63) is 58.7 Å². The molecule has 0 aliphatic carbocycles. The Morgan fingerprint density at radius 2 is 1.94 bits per heavy atom. The number of nitrogens with zero attached hydrogens (tertiary/aromatic N) is 2. The maximum absolute atomic E-state index is 13.3. The van der Waals surface area contributed by atoms with E-state index in [-0.39, 0.29) is 23.5 Å². The van der Waals surface area contributed by atoms with Gasteiger partial charge in [0.05, 0.1) is 29.7 Å². The zero-order valence-corrected chi connectivity index (χ0v) is 17.9. The number of hydrogen-bond acceptors (Lipinski definition) is 7. The van der Waals surface area contributed by atoms with Gasteiger partial charge in [0, 0.05) is 35.4 Å². The van der Waals surface area contributed by atoms with Crippen molar-refractivity contribution < 1.29 is 22.7 Å². The molecular weight excluding hydrogens is 418 g/mol. The van der Waals surface area contributed by atoms with Crippen LogP contribution in [0.2, 0.25) is 0 Å². The molecule has 0 spiro atoms. The van der Waals surface area contributed by atoms with Crippen LogP contribution in [0.1, 0.15) is 33.1 Å². The maximum atomic E-state index is 13.3. The lowest BCUT2D eigenvalue weighted by Gasteiger charge is -2.24. The number of aromatic nitrogens is 1. The molecule has 0 radical (unpaired) electrons. The van der Waals surface area contributed by atoms with Crippen LogP contribution in [0.5, 0.6) is 5.75 Å². The van der Waals surface area contributed by atoms with Crippen LogP contribution in [0, 0.1) is 0 Å². The van der Waals surface area contributed by atoms with Crippen molar-refractivity contribution >= 4 is 32.5 Å². The number of carbonyl (C=O) groups is 1. The number of ether oxygens (including phenoxy) is 2. The Hall–Kier alpha value is -3.17. The summed E-state index contributed by atoms with van der Waals surface area (Å²) < 4.78 is 34.8. The number of fused-ring (bicyclic) bond motifs is 4. The molecule has 1 amide bonds. The van der Waals surface area contributed by atoms with Crippen molar-refractivity contribution in [2.45, 2.75) is 24.2 Å². The number of carbonyl (C=O) groups excluding carboxylic acids is 1. The zero-order valence-electron chi connectivity index (χ0n) is 17.1. The number of nitrogens with two attached hydrogens (primary N) is 1. The standard InChI is InChI=1S/C22H21N3O5S/c1-25(19-11-30-20-8-13(31(2,27)28)4-5-14(19)20)22(26)12-3-6-18-15(7-12)16-9-29-10-17(16)21(23)24-18/h3-8,19H,9-11H2,1-2H3,(H2,23,24)/t19-/m1/s1. The molecule has 3 aromatic rings. The molecule has 8 nitrogen and oxygen atoms in total. The van der Waals surface area contributed by atoms with Gasteiger partial charge in [-0.3, -0.25) is 4.79 Å². The molecule has 5 rings (SSSR count). The fourth-order valence-corrected chi connectivity index (χ4v) is 4.81. The largest absolute Gasteiger partial charge is 0.491 e. The minimum Gasteiger partial charge on any atom is -0.491 e. The van der Waals surface area contributed by atoms with Crippen LogP contribution in [0.4, 0.5) is 5.82 Å². The van der Waals surface area contributed by atoms with Gasteiger partial charge in [0.2, 0.25) is 0 Å². The van der Waals surface area contributed by atoms with E-state index in [0.29, 0.717) is 30.3 Å². The summed E-state index contributed by atoms with van der Waals surface area (Å²) in [4.78, 5) is 19.5. The molecule has 0 unspecified atom stereocenters. The van der Waals surface area contributed by atoms with Gasteiger partial charge < -0.3 is 20.1 Å². The van der Waals surface area contributed by atoms with E-state index < -0.39 is 9.84 Å². The first-order valence-electron chi connectivity index (χ1n) is 9.76. The second-order valence-corrected chi connectivity index (χ2v) is 9.91. The molecule has 0 bridgehead atoms. The molecule has 0 saturated carbocycles. The second kappa shape index (κ2) is 6.93. The Kier molecular flexibility index (Phi) is 4.42. The molecular formula is C22H21N3O5S. The van der Waals surface area contributed by atoms with E-state index in [4.69, 9.17) is 15.2 Å². The Morgan fingerprint density at radius 3 is 2.71 bits per heavy atom. The summed E-state index contributed by atoms with van der Waals surface area (Å²) in [6, 6.07) is 9.82. The highest BCUT2D eigenvalue weighted by molar-refractivity contribution is 7.90. The number of likely N-dealkylation sites (N-methyl/N-ethyl adjacent to an activating group) is 1. The van der Waals surface area contributed by atoms with Crippen molar-refractivity contribution in [3.8, 4) is 5.75 Å². The zero-order chi connectivity index (χ0) is 21.9. The van der Waals surface area contributed by atoms with Crippen LogP contribution in [-0.2, 0) is 27.8 Å². The summed E-state index contributed by atoms with van der Waals surface area (Å²) in [7, 11) is -1.62. The topological polar surface area (TPSA) is 112 Å². The number of sulfone groups is 1. The van der Waals surface area contributed by atoms with Crippen LogP contribution >= 0.6 is 0 Å². The van der Waals surface area contributed by atoms with Gasteiger partial charge in [0.1, 0.15) is 18.2 Å². The summed E-state index contributed by atoms with van der Waals surface area (Å²) in [5.74, 6) is 0.783. The lowest BCUT2D eigenvalue weighted by atomic mass is 10.0. The van der Waals surface area contributed by atoms with Gasteiger partial charge in [0.25, 0.3) is 5.91 Å². The first-order chi connectivity index (χ1) is 14.7. The third-order valence-corrected chi connectivity index (χ3v) is 7.04. The molecule has 2 N–H and O–H groups in total. The minimum absolute atomic E-state index is 0.167. The van der Waals surface area contributed by atoms with Gasteiger partial charge in [-0.2, -0.15) is 0 Å². The van der Waals surface area contributed by atoms with Crippen LogP contribution in [0.3, 0.4) is 0 Å². The van der Waals surface area contributed by atoms with Crippen molar-refractivity contribution in [2.24, 2.45) is 0 Å². The lowest BCUT2D eigenvalue weighted by molar-refractivity contribution is 0.0708. The number of rotatable bonds is 3. The highest BCUT2D eigenvalue weighted by atomic mass is 32.2. The molecule has 2 aromatic carbocycles. The monoisotopic (exact) mass is 439 g/mol. The summed E-state index contributed by atoms with van der Waals surface area (Å²) in [6.07, 6.45) is 1.15. The quantitative estimate of drug-likeness (QED) is 0.667. The molecule has 2 aliphatic rings. The smallest absolute Gasteiger partial charge is 0.254 e. The van der Waals surface area contributed by atoms with Gasteiger partial charge in [-0.1, -0.05) is 6.07 Å². The van der Waals surface area contributed by atoms with E-state index in [0.717, 1.165) is 33.8 Å². The van der Waals surface area contributed by atoms with Crippen LogP contribution < -0.4 is 10.5 Å². The number of hydrogen-bond donors (Lipinski definition) is 1. The Balaban J connectivity index is 1.48. The number of nitrogen functional groups attached to an aromatic ring is 1. The summed E-state index contributed by atoms with van der Waals surface area (Å²) in [5, 5.41) is 0.863. The number of benzene rings is 2. The van der Waals surface area contributed by atoms with E-state index in [1.54, 1.807) is 36.2 Å². The van der Waals surface area contributed by atoms with Gasteiger partial charge in [-0.15, -0.1) is 0 Å². The van der Waals surface area contributed by atoms with Crippen molar-refractivity contribution in [1.82, 2.24) is 9.88 Å². The van der Waals surface area contributed by atoms with Gasteiger partial charge in [-0.05, 0) is 35.9 Å². The minimum atomic E-state index is -3.34. The van der Waals surface area contributed by atoms with E-state index in [1.165, 1.54) is 6.07 Å². The lowest BCUT2D eigenvalue weighted by Crippen LogP contribution is -2.32. The normalized spacial score (nSPS) is 17.3. The van der Waals surface area contributed by atoms with Crippen LogP contribution in [0.15, 0.2) is 41.3 Å². The van der Waals surface area contributed by atoms with E-state index in [9.17, 15) is 13.2 Å². The van der Waals surface area contributed by atoms with E-state index in [2.05, 4.69) is 4.98 Å². The molecule has 0 saturated heterocycles. The number of amides is 1. The predicted molar refractivity (Wildman–Crippen MR) is 115 cm³/mol. The average Bonchev–Trinajstić information content (AvgIpc) is 3.39. The number of anilines is 1. The van der Waals surface area contributed by atoms with Crippen molar-refractivity contribution in [2.75, 3.05) is 25.6 Å². The third-order valence-electron chi connectivity index (χ3n) is 5.93. The maximum Gasteiger partial charge on any atom is 0.254 e. The highest BCUT2D eigenvalue weighted by Crippen LogP contribution is 2.38. The molecule has 9 heteroatoms. The molecule has 0 fully saturated rings. The fraction of sp³-hybridized carbons (Fsp3) is 0.273. The molecule has 1 aromatic heterocycles. The molecule has 3 heterocycles. The number of pyridine rings is 1. The molecule has 1 atom stereocenters. The molecule has 160 valence electrons. The predicted octanol–water partition coefficient (Wildman–Crippen LogP) is 2.46. The Morgan fingerprint density at radius 1 is 1.16 bits per heavy atom. The first-order valence-corrected chi connectivity index (χ1v) is 11.7. The van der Waals surface area contributed by atoms with Gasteiger partial charge >= 0.3 is 0 Å². The Bertz CT molecular complexity index is 1350. The van der Waals surface area contributed by atoms with Crippen LogP contribution in [-0.4, -0.2) is 44.1 Å². The highest BCUT2D eigenvalue weighted by Gasteiger charge is 2.32. The van der Waals surface area contributed by atoms with Crippen LogP contribution in [0.25, 0.3) is 10.9 Å². The second-order valence-electron chi connectivity index (χ2n) is 7.89. The molecule has 2 aliphatic heterocycles. The van der Waals surface area contributed by atoms with E-state index in [1.807, 2.05) is 6.07 Å². The summed E-state index contributed by atoms with van der Waals surface area (Å²) in [5.41, 5.74) is 9.92. The third kappa shape index (κ3) is 3.21. The summed E-state index contributed by atoms with van der Waals surface area (Å²) >= 11 is 0.